The molecular formula is C12H25Cl2N3O2S. The van der Waals surface area contributed by atoms with Crippen LogP contribution in [0.1, 0.15) is 12.8 Å². The highest BCUT2D eigenvalue weighted by atomic mass is 35.5. The van der Waals surface area contributed by atoms with Crippen molar-refractivity contribution in [2.75, 3.05) is 45.0 Å². The number of hydrogen-bond acceptors (Lipinski definition) is 5. The number of methoxy groups -OCH3 is 1. The van der Waals surface area contributed by atoms with Crippen molar-refractivity contribution < 1.29 is 9.53 Å². The predicted molar refractivity (Wildman–Crippen MR) is 88.2 cm³/mol. The number of carbonyl (C=O) groups is 1. The van der Waals surface area contributed by atoms with Gasteiger partial charge in [0.2, 0.25) is 5.91 Å². The molecule has 1 amide bonds. The molecule has 0 saturated carbocycles. The fourth-order valence-electron chi connectivity index (χ4n) is 2.39. The first-order chi connectivity index (χ1) is 8.79. The zero-order valence-corrected chi connectivity index (χ0v) is 14.2. The van der Waals surface area contributed by atoms with Crippen LogP contribution in [-0.4, -0.2) is 67.9 Å². The molecule has 0 bridgehead atoms. The normalized spacial score (nSPS) is 23.8. The molecule has 5 nitrogen and oxygen atoms in total. The van der Waals surface area contributed by atoms with Gasteiger partial charge in [0.1, 0.15) is 0 Å². The Hall–Kier alpha value is 0.280. The number of piperidine rings is 1. The molecular weight excluding hydrogens is 321 g/mol. The monoisotopic (exact) mass is 345 g/mol. The second-order valence-electron chi connectivity index (χ2n) is 4.89. The smallest absolute Gasteiger partial charge is 0.238 e. The highest BCUT2D eigenvalue weighted by Gasteiger charge is 2.26. The van der Waals surface area contributed by atoms with E-state index in [0.717, 1.165) is 50.7 Å². The molecule has 2 saturated heterocycles. The Morgan fingerprint density at radius 3 is 2.65 bits per heavy atom. The second kappa shape index (κ2) is 10.9. The van der Waals surface area contributed by atoms with E-state index >= 15 is 0 Å². The number of rotatable bonds is 5. The van der Waals surface area contributed by atoms with Crippen LogP contribution in [0, 0.1) is 0 Å². The maximum atomic E-state index is 11.9. The Morgan fingerprint density at radius 1 is 1.40 bits per heavy atom. The van der Waals surface area contributed by atoms with Crippen LogP contribution in [0.4, 0.5) is 0 Å². The van der Waals surface area contributed by atoms with Crippen LogP contribution < -0.4 is 10.6 Å². The minimum Gasteiger partial charge on any atom is -0.383 e. The van der Waals surface area contributed by atoms with E-state index in [4.69, 9.17) is 4.74 Å². The van der Waals surface area contributed by atoms with E-state index in [2.05, 4.69) is 15.5 Å². The van der Waals surface area contributed by atoms with Gasteiger partial charge in [0.05, 0.1) is 12.6 Å². The third-order valence-corrected chi connectivity index (χ3v) is 4.52. The van der Waals surface area contributed by atoms with Crippen molar-refractivity contribution in [1.29, 1.82) is 0 Å². The number of amides is 1. The van der Waals surface area contributed by atoms with E-state index < -0.39 is 0 Å². The van der Waals surface area contributed by atoms with Gasteiger partial charge in [0, 0.05) is 44.4 Å². The van der Waals surface area contributed by atoms with Gasteiger partial charge in [0.25, 0.3) is 0 Å². The van der Waals surface area contributed by atoms with E-state index in [0.29, 0.717) is 6.04 Å². The van der Waals surface area contributed by atoms with E-state index in [1.54, 1.807) is 18.9 Å². The Kier molecular flexibility index (Phi) is 11.1. The summed E-state index contributed by atoms with van der Waals surface area (Å²) in [5.74, 6) is 1.97. The van der Waals surface area contributed by atoms with Gasteiger partial charge in [0.15, 0.2) is 0 Å². The Labute approximate surface area is 137 Å². The molecule has 0 aromatic rings. The molecule has 0 aromatic carbocycles. The quantitative estimate of drug-likeness (QED) is 0.768. The van der Waals surface area contributed by atoms with E-state index in [1.165, 1.54) is 0 Å². The molecule has 0 radical (unpaired) electrons. The highest BCUT2D eigenvalue weighted by molar-refractivity contribution is 7.99. The lowest BCUT2D eigenvalue weighted by atomic mass is 10.0. The highest BCUT2D eigenvalue weighted by Crippen LogP contribution is 2.13. The molecule has 2 aliphatic heterocycles. The molecule has 2 aliphatic rings. The Morgan fingerprint density at radius 2 is 2.10 bits per heavy atom. The van der Waals surface area contributed by atoms with Crippen molar-refractivity contribution in [2.24, 2.45) is 0 Å². The number of halogens is 2. The van der Waals surface area contributed by atoms with Gasteiger partial charge in [-0.15, -0.1) is 36.6 Å². The average molecular weight is 346 g/mol. The van der Waals surface area contributed by atoms with Crippen LogP contribution in [0.2, 0.25) is 0 Å². The first kappa shape index (κ1) is 20.3. The summed E-state index contributed by atoms with van der Waals surface area (Å²) in [7, 11) is 1.74. The topological polar surface area (TPSA) is 53.6 Å². The molecule has 0 spiro atoms. The Balaban J connectivity index is 0.00000180. The average Bonchev–Trinajstić information content (AvgIpc) is 2.92. The van der Waals surface area contributed by atoms with Gasteiger partial charge in [-0.3, -0.25) is 10.1 Å². The number of carbonyl (C=O) groups excluding carboxylic acids is 1. The lowest BCUT2D eigenvalue weighted by molar-refractivity contribution is -0.123. The lowest BCUT2D eigenvalue weighted by Crippen LogP contribution is -2.50. The minimum atomic E-state index is 0. The lowest BCUT2D eigenvalue weighted by Gasteiger charge is -2.32. The zero-order chi connectivity index (χ0) is 12.8. The van der Waals surface area contributed by atoms with Gasteiger partial charge >= 0.3 is 0 Å². The summed E-state index contributed by atoms with van der Waals surface area (Å²) in [5.41, 5.74) is 0. The largest absolute Gasteiger partial charge is 0.383 e. The van der Waals surface area contributed by atoms with Crippen molar-refractivity contribution >= 4 is 42.5 Å². The molecule has 20 heavy (non-hydrogen) atoms. The number of nitrogens with zero attached hydrogens (tertiary/aromatic N) is 1. The first-order valence-electron chi connectivity index (χ1n) is 6.62. The van der Waals surface area contributed by atoms with Crippen LogP contribution in [0.5, 0.6) is 0 Å². The molecule has 2 fully saturated rings. The predicted octanol–water partition coefficient (Wildman–Crippen LogP) is 0.720. The van der Waals surface area contributed by atoms with Gasteiger partial charge in [-0.1, -0.05) is 0 Å². The summed E-state index contributed by atoms with van der Waals surface area (Å²) >= 11 is 1.79. The molecule has 120 valence electrons. The van der Waals surface area contributed by atoms with Crippen molar-refractivity contribution in [3.05, 3.63) is 0 Å². The van der Waals surface area contributed by atoms with Crippen molar-refractivity contribution in [3.8, 4) is 0 Å². The van der Waals surface area contributed by atoms with Crippen molar-refractivity contribution in [1.82, 2.24) is 15.5 Å². The summed E-state index contributed by atoms with van der Waals surface area (Å²) in [6.07, 6.45) is 2.10. The van der Waals surface area contributed by atoms with Gasteiger partial charge in [-0.2, -0.15) is 0 Å². The fraction of sp³-hybridized carbons (Fsp3) is 0.917. The number of ether oxygens (including phenoxy) is 1. The minimum absolute atomic E-state index is 0. The molecule has 1 atom stereocenters. The first-order valence-corrected chi connectivity index (χ1v) is 7.78. The molecule has 2 rings (SSSR count). The summed E-state index contributed by atoms with van der Waals surface area (Å²) in [6, 6.07) is 0.366. The summed E-state index contributed by atoms with van der Waals surface area (Å²) in [4.78, 5) is 14.3. The maximum Gasteiger partial charge on any atom is 0.238 e. The van der Waals surface area contributed by atoms with Crippen LogP contribution >= 0.6 is 36.6 Å². The van der Waals surface area contributed by atoms with Crippen LogP contribution in [-0.2, 0) is 9.53 Å². The number of thioether (sulfide) groups is 1. The number of nitrogens with one attached hydrogen (secondary N) is 2. The SMILES string of the molecule is COCCN1CCC(NC(=O)C2CSCN2)CC1.Cl.Cl. The van der Waals surface area contributed by atoms with Crippen LogP contribution in [0.15, 0.2) is 0 Å². The molecule has 0 aliphatic carbocycles. The van der Waals surface area contributed by atoms with Crippen molar-refractivity contribution in [3.63, 3.8) is 0 Å². The third-order valence-electron chi connectivity index (χ3n) is 3.58. The van der Waals surface area contributed by atoms with Gasteiger partial charge in [-0.25, -0.2) is 0 Å². The third kappa shape index (κ3) is 6.37. The fourth-order valence-corrected chi connectivity index (χ4v) is 3.33. The summed E-state index contributed by atoms with van der Waals surface area (Å²) < 4.78 is 5.08. The van der Waals surface area contributed by atoms with Gasteiger partial charge in [-0.05, 0) is 12.8 Å². The van der Waals surface area contributed by atoms with E-state index in [1.807, 2.05) is 0 Å². The summed E-state index contributed by atoms with van der Waals surface area (Å²) in [5, 5.41) is 6.37. The molecule has 2 N–H and O–H groups in total. The van der Waals surface area contributed by atoms with Crippen molar-refractivity contribution in [2.45, 2.75) is 24.9 Å². The Bertz CT molecular complexity index is 273. The van der Waals surface area contributed by atoms with Crippen LogP contribution in [0.25, 0.3) is 0 Å². The molecule has 2 heterocycles. The standard InChI is InChI=1S/C12H23N3O2S.2ClH/c1-17-7-6-15-4-2-10(3-5-15)14-12(16)11-8-18-9-13-11;;/h10-11,13H,2-9H2,1H3,(H,14,16);2*1H. The number of likely N-dealkylation sites (tertiary alicyclic amines) is 1. The van der Waals surface area contributed by atoms with Crippen LogP contribution in [0.3, 0.4) is 0 Å². The number of hydrogen-bond donors (Lipinski definition) is 2. The summed E-state index contributed by atoms with van der Waals surface area (Å²) in [6.45, 7) is 3.90. The molecule has 0 aromatic heterocycles. The molecule has 1 unspecified atom stereocenters. The van der Waals surface area contributed by atoms with Gasteiger partial charge < -0.3 is 15.0 Å². The zero-order valence-electron chi connectivity index (χ0n) is 11.8. The maximum absolute atomic E-state index is 11.9. The molecule has 8 heteroatoms. The van der Waals surface area contributed by atoms with E-state index in [-0.39, 0.29) is 36.8 Å². The second-order valence-corrected chi connectivity index (χ2v) is 5.92. The van der Waals surface area contributed by atoms with E-state index in [9.17, 15) is 4.79 Å².